The van der Waals surface area contributed by atoms with Crippen LogP contribution in [0.4, 0.5) is 13.2 Å². The monoisotopic (exact) mass is 271 g/mol. The van der Waals surface area contributed by atoms with Crippen LogP contribution in [0.3, 0.4) is 0 Å². The molecule has 1 aromatic rings. The summed E-state index contributed by atoms with van der Waals surface area (Å²) in [7, 11) is 0. The molecule has 1 saturated carbocycles. The number of alkyl halides is 3. The minimum atomic E-state index is -4.84. The van der Waals surface area contributed by atoms with E-state index in [0.717, 1.165) is 18.9 Å². The first-order valence-electron chi connectivity index (χ1n) is 5.72. The highest BCUT2D eigenvalue weighted by Gasteiger charge is 2.33. The molecule has 1 N–H and O–H groups in total. The molecule has 0 bridgehead atoms. The molecule has 102 valence electrons. The fourth-order valence-electron chi connectivity index (χ4n) is 1.55. The van der Waals surface area contributed by atoms with Gasteiger partial charge in [-0.05, 0) is 30.5 Å². The van der Waals surface area contributed by atoms with E-state index in [9.17, 15) is 18.0 Å². The number of rotatable bonds is 4. The molecular weight excluding hydrogens is 259 g/mol. The number of halogens is 3. The van der Waals surface area contributed by atoms with E-state index in [1.54, 1.807) is 0 Å². The lowest BCUT2D eigenvalue weighted by Crippen LogP contribution is -2.27. The third kappa shape index (κ3) is 3.74. The molecule has 19 heavy (non-hydrogen) atoms. The summed E-state index contributed by atoms with van der Waals surface area (Å²) in [6.07, 6.45) is -1.75. The maximum Gasteiger partial charge on any atom is 0.573 e. The Balaban J connectivity index is 2.28. The molecule has 0 heterocycles. The first-order valence-corrected chi connectivity index (χ1v) is 5.72. The molecule has 0 unspecified atom stereocenters. The summed E-state index contributed by atoms with van der Waals surface area (Å²) in [6, 6.07) is 4.01. The summed E-state index contributed by atoms with van der Waals surface area (Å²) in [5, 5.41) is 2.62. The Morgan fingerprint density at radius 2 is 2.11 bits per heavy atom. The highest BCUT2D eigenvalue weighted by Crippen LogP contribution is 2.29. The van der Waals surface area contributed by atoms with E-state index in [-0.39, 0.29) is 11.6 Å². The zero-order valence-electron chi connectivity index (χ0n) is 9.96. The van der Waals surface area contributed by atoms with Crippen molar-refractivity contribution >= 4 is 12.0 Å². The molecule has 0 aliphatic heterocycles. The SMILES string of the molecule is C=Cc1ccc(C(=O)NC2CC2)c(OC(F)(F)F)c1. The quantitative estimate of drug-likeness (QED) is 0.913. The molecule has 1 fully saturated rings. The van der Waals surface area contributed by atoms with Crippen LogP contribution in [0.25, 0.3) is 6.08 Å². The smallest absolute Gasteiger partial charge is 0.405 e. The summed E-state index contributed by atoms with van der Waals surface area (Å²) >= 11 is 0. The van der Waals surface area contributed by atoms with Crippen molar-refractivity contribution in [2.75, 3.05) is 0 Å². The standard InChI is InChI=1S/C13H12F3NO2/c1-2-8-3-6-10(12(18)17-9-4-5-9)11(7-8)19-13(14,15)16/h2-3,6-7,9H,1,4-5H2,(H,17,18). The first kappa shape index (κ1) is 13.5. The van der Waals surface area contributed by atoms with Gasteiger partial charge in [0.2, 0.25) is 0 Å². The van der Waals surface area contributed by atoms with Gasteiger partial charge in [-0.2, -0.15) is 0 Å². The predicted octanol–water partition coefficient (Wildman–Crippen LogP) is 3.12. The van der Waals surface area contributed by atoms with Crippen molar-refractivity contribution in [1.82, 2.24) is 5.32 Å². The fourth-order valence-corrected chi connectivity index (χ4v) is 1.55. The number of amides is 1. The Bertz CT molecular complexity index is 507. The highest BCUT2D eigenvalue weighted by atomic mass is 19.4. The molecule has 0 atom stereocenters. The van der Waals surface area contributed by atoms with Crippen molar-refractivity contribution in [3.8, 4) is 5.75 Å². The van der Waals surface area contributed by atoms with E-state index in [1.165, 1.54) is 18.2 Å². The van der Waals surface area contributed by atoms with Crippen molar-refractivity contribution in [3.05, 3.63) is 35.9 Å². The Morgan fingerprint density at radius 1 is 1.42 bits per heavy atom. The second kappa shape index (κ2) is 4.95. The van der Waals surface area contributed by atoms with E-state index in [0.29, 0.717) is 5.56 Å². The van der Waals surface area contributed by atoms with Crippen LogP contribution >= 0.6 is 0 Å². The van der Waals surface area contributed by atoms with Crippen LogP contribution in [0.2, 0.25) is 0 Å². The second-order valence-electron chi connectivity index (χ2n) is 4.26. The fraction of sp³-hybridized carbons (Fsp3) is 0.308. The predicted molar refractivity (Wildman–Crippen MR) is 63.7 cm³/mol. The van der Waals surface area contributed by atoms with Gasteiger partial charge in [0.25, 0.3) is 5.91 Å². The number of carbonyl (C=O) groups excluding carboxylic acids is 1. The molecular formula is C13H12F3NO2. The topological polar surface area (TPSA) is 38.3 Å². The van der Waals surface area contributed by atoms with Gasteiger partial charge in [0.1, 0.15) is 5.75 Å². The lowest BCUT2D eigenvalue weighted by Gasteiger charge is -2.13. The van der Waals surface area contributed by atoms with Gasteiger partial charge >= 0.3 is 6.36 Å². The van der Waals surface area contributed by atoms with Crippen molar-refractivity contribution < 1.29 is 22.7 Å². The van der Waals surface area contributed by atoms with Crippen LogP contribution in [-0.2, 0) is 0 Å². The van der Waals surface area contributed by atoms with E-state index in [2.05, 4.69) is 16.6 Å². The average Bonchev–Trinajstić information content (AvgIpc) is 3.10. The van der Waals surface area contributed by atoms with Crippen LogP contribution in [0, 0.1) is 0 Å². The van der Waals surface area contributed by atoms with Gasteiger partial charge in [0, 0.05) is 6.04 Å². The minimum Gasteiger partial charge on any atom is -0.405 e. The van der Waals surface area contributed by atoms with Crippen molar-refractivity contribution in [3.63, 3.8) is 0 Å². The van der Waals surface area contributed by atoms with Gasteiger partial charge in [0.15, 0.2) is 0 Å². The number of ether oxygens (including phenoxy) is 1. The molecule has 0 radical (unpaired) electrons. The largest absolute Gasteiger partial charge is 0.573 e. The maximum atomic E-state index is 12.3. The van der Waals surface area contributed by atoms with Crippen LogP contribution in [0.15, 0.2) is 24.8 Å². The van der Waals surface area contributed by atoms with Crippen molar-refractivity contribution in [2.45, 2.75) is 25.2 Å². The zero-order valence-corrected chi connectivity index (χ0v) is 9.96. The number of nitrogens with one attached hydrogen (secondary N) is 1. The molecule has 3 nitrogen and oxygen atoms in total. The van der Waals surface area contributed by atoms with Gasteiger partial charge in [-0.25, -0.2) is 0 Å². The van der Waals surface area contributed by atoms with Gasteiger partial charge in [0.05, 0.1) is 5.56 Å². The summed E-state index contributed by atoms with van der Waals surface area (Å²) in [6.45, 7) is 3.46. The lowest BCUT2D eigenvalue weighted by atomic mass is 10.1. The molecule has 0 spiro atoms. The summed E-state index contributed by atoms with van der Waals surface area (Å²) in [5.74, 6) is -1.07. The molecule has 0 aromatic heterocycles. The Hall–Kier alpha value is -1.98. The molecule has 6 heteroatoms. The number of benzene rings is 1. The van der Waals surface area contributed by atoms with Crippen LogP contribution < -0.4 is 10.1 Å². The number of carbonyl (C=O) groups is 1. The Morgan fingerprint density at radius 3 is 2.63 bits per heavy atom. The molecule has 1 amide bonds. The normalized spacial score (nSPS) is 14.9. The third-order valence-electron chi connectivity index (χ3n) is 2.62. The van der Waals surface area contributed by atoms with Crippen LogP contribution in [0.5, 0.6) is 5.75 Å². The average molecular weight is 271 g/mol. The van der Waals surface area contributed by atoms with Crippen LogP contribution in [-0.4, -0.2) is 18.3 Å². The first-order chi connectivity index (χ1) is 8.89. The number of hydrogen-bond donors (Lipinski definition) is 1. The van der Waals surface area contributed by atoms with Crippen molar-refractivity contribution in [1.29, 1.82) is 0 Å². The molecule has 0 saturated heterocycles. The van der Waals surface area contributed by atoms with Gasteiger partial charge in [-0.1, -0.05) is 18.7 Å². The van der Waals surface area contributed by atoms with Gasteiger partial charge < -0.3 is 10.1 Å². The highest BCUT2D eigenvalue weighted by molar-refractivity contribution is 5.97. The lowest BCUT2D eigenvalue weighted by molar-refractivity contribution is -0.274. The molecule has 1 aliphatic rings. The summed E-state index contributed by atoms with van der Waals surface area (Å²) in [5.41, 5.74) is 0.317. The van der Waals surface area contributed by atoms with E-state index in [1.807, 2.05) is 0 Å². The maximum absolute atomic E-state index is 12.3. The van der Waals surface area contributed by atoms with E-state index >= 15 is 0 Å². The Kier molecular flexibility index (Phi) is 3.50. The second-order valence-corrected chi connectivity index (χ2v) is 4.26. The summed E-state index contributed by atoms with van der Waals surface area (Å²) < 4.78 is 40.8. The third-order valence-corrected chi connectivity index (χ3v) is 2.62. The Labute approximate surface area is 108 Å². The van der Waals surface area contributed by atoms with Crippen molar-refractivity contribution in [2.24, 2.45) is 0 Å². The summed E-state index contributed by atoms with van der Waals surface area (Å²) in [4.78, 5) is 11.8. The van der Waals surface area contributed by atoms with Crippen LogP contribution in [0.1, 0.15) is 28.8 Å². The molecule has 1 aromatic carbocycles. The van der Waals surface area contributed by atoms with Gasteiger partial charge in [-0.3, -0.25) is 4.79 Å². The van der Waals surface area contributed by atoms with Gasteiger partial charge in [-0.15, -0.1) is 13.2 Å². The zero-order chi connectivity index (χ0) is 14.0. The van der Waals surface area contributed by atoms with E-state index in [4.69, 9.17) is 0 Å². The minimum absolute atomic E-state index is 0.0605. The molecule has 1 aliphatic carbocycles. The molecule has 2 rings (SSSR count). The number of hydrogen-bond acceptors (Lipinski definition) is 2. The van der Waals surface area contributed by atoms with E-state index < -0.39 is 18.0 Å².